The van der Waals surface area contributed by atoms with Crippen molar-refractivity contribution in [1.82, 2.24) is 4.90 Å². The van der Waals surface area contributed by atoms with Gasteiger partial charge in [-0.3, -0.25) is 9.69 Å². The molecule has 110 valence electrons. The Kier molecular flexibility index (Phi) is 5.26. The minimum atomic E-state index is -0.170. The van der Waals surface area contributed by atoms with Gasteiger partial charge in [0.25, 0.3) is 0 Å². The zero-order valence-electron chi connectivity index (χ0n) is 12.0. The SMILES string of the molecule is CCOC(=O)C(C)N1CCN(c2cccc(Cl)c2)CC1. The molecule has 0 radical (unpaired) electrons. The lowest BCUT2D eigenvalue weighted by Crippen LogP contribution is -2.52. The third-order valence-electron chi connectivity index (χ3n) is 3.66. The van der Waals surface area contributed by atoms with Gasteiger partial charge in [0.05, 0.1) is 6.61 Å². The van der Waals surface area contributed by atoms with Crippen molar-refractivity contribution in [2.24, 2.45) is 0 Å². The second-order valence-electron chi connectivity index (χ2n) is 4.93. The molecular weight excluding hydrogens is 276 g/mol. The van der Waals surface area contributed by atoms with Crippen molar-refractivity contribution in [3.63, 3.8) is 0 Å². The molecule has 0 bridgehead atoms. The van der Waals surface area contributed by atoms with E-state index >= 15 is 0 Å². The number of ether oxygens (including phenoxy) is 1. The van der Waals surface area contributed by atoms with E-state index in [2.05, 4.69) is 15.9 Å². The third kappa shape index (κ3) is 3.64. The Morgan fingerprint density at radius 1 is 1.35 bits per heavy atom. The number of benzene rings is 1. The van der Waals surface area contributed by atoms with Crippen LogP contribution in [0.15, 0.2) is 24.3 Å². The topological polar surface area (TPSA) is 32.8 Å². The summed E-state index contributed by atoms with van der Waals surface area (Å²) in [6.45, 7) is 7.67. The van der Waals surface area contributed by atoms with Crippen molar-refractivity contribution in [1.29, 1.82) is 0 Å². The summed E-state index contributed by atoms with van der Waals surface area (Å²) in [5, 5.41) is 0.754. The molecule has 1 aliphatic rings. The van der Waals surface area contributed by atoms with Crippen LogP contribution in [0.1, 0.15) is 13.8 Å². The maximum Gasteiger partial charge on any atom is 0.323 e. The molecule has 0 saturated carbocycles. The molecule has 0 amide bonds. The molecule has 0 aliphatic carbocycles. The van der Waals surface area contributed by atoms with Gasteiger partial charge in [0.1, 0.15) is 6.04 Å². The maximum atomic E-state index is 11.7. The molecule has 0 aromatic heterocycles. The maximum absolute atomic E-state index is 11.7. The number of carbonyl (C=O) groups is 1. The first-order valence-electron chi connectivity index (χ1n) is 7.03. The Balaban J connectivity index is 1.90. The van der Waals surface area contributed by atoms with E-state index in [0.29, 0.717) is 6.61 Å². The smallest absolute Gasteiger partial charge is 0.323 e. The summed E-state index contributed by atoms with van der Waals surface area (Å²) >= 11 is 6.02. The van der Waals surface area contributed by atoms with Gasteiger partial charge in [-0.25, -0.2) is 0 Å². The normalized spacial score (nSPS) is 17.9. The Hall–Kier alpha value is -1.26. The highest BCUT2D eigenvalue weighted by molar-refractivity contribution is 6.30. The van der Waals surface area contributed by atoms with E-state index in [0.717, 1.165) is 36.9 Å². The number of hydrogen-bond acceptors (Lipinski definition) is 4. The summed E-state index contributed by atoms with van der Waals surface area (Å²) in [6, 6.07) is 7.72. The second kappa shape index (κ2) is 6.95. The molecule has 1 saturated heterocycles. The van der Waals surface area contributed by atoms with Gasteiger partial charge in [-0.15, -0.1) is 0 Å². The largest absolute Gasteiger partial charge is 0.465 e. The number of esters is 1. The van der Waals surface area contributed by atoms with Crippen LogP contribution in [0, 0.1) is 0 Å². The van der Waals surface area contributed by atoms with Crippen LogP contribution in [-0.2, 0) is 9.53 Å². The van der Waals surface area contributed by atoms with Crippen LogP contribution in [-0.4, -0.2) is 49.7 Å². The minimum absolute atomic E-state index is 0.135. The Bertz CT molecular complexity index is 459. The first-order chi connectivity index (χ1) is 9.61. The molecule has 5 heteroatoms. The van der Waals surface area contributed by atoms with Gasteiger partial charge in [-0.1, -0.05) is 17.7 Å². The number of carbonyl (C=O) groups excluding carboxylic acids is 1. The summed E-state index contributed by atoms with van der Waals surface area (Å²) in [6.07, 6.45) is 0. The lowest BCUT2D eigenvalue weighted by Gasteiger charge is -2.38. The standard InChI is InChI=1S/C15H21ClN2O2/c1-3-20-15(19)12(2)17-7-9-18(10-8-17)14-6-4-5-13(16)11-14/h4-6,11-12H,3,7-10H2,1-2H3. The molecule has 2 rings (SSSR count). The summed E-state index contributed by atoms with van der Waals surface area (Å²) in [5.41, 5.74) is 1.14. The lowest BCUT2D eigenvalue weighted by atomic mass is 10.2. The lowest BCUT2D eigenvalue weighted by molar-refractivity contribution is -0.149. The Morgan fingerprint density at radius 2 is 2.05 bits per heavy atom. The average Bonchev–Trinajstić information content (AvgIpc) is 2.47. The molecule has 1 heterocycles. The van der Waals surface area contributed by atoms with Crippen LogP contribution >= 0.6 is 11.6 Å². The summed E-state index contributed by atoms with van der Waals surface area (Å²) in [7, 11) is 0. The first-order valence-corrected chi connectivity index (χ1v) is 7.41. The van der Waals surface area contributed by atoms with Crippen molar-refractivity contribution >= 4 is 23.3 Å². The Morgan fingerprint density at radius 3 is 2.65 bits per heavy atom. The predicted molar refractivity (Wildman–Crippen MR) is 81.3 cm³/mol. The van der Waals surface area contributed by atoms with E-state index in [-0.39, 0.29) is 12.0 Å². The molecule has 1 fully saturated rings. The molecule has 1 aliphatic heterocycles. The van der Waals surface area contributed by atoms with Crippen molar-refractivity contribution in [2.45, 2.75) is 19.9 Å². The molecule has 1 aromatic carbocycles. The first kappa shape index (κ1) is 15.1. The fourth-order valence-corrected chi connectivity index (χ4v) is 2.64. The molecular formula is C15H21ClN2O2. The van der Waals surface area contributed by atoms with Crippen molar-refractivity contribution < 1.29 is 9.53 Å². The van der Waals surface area contributed by atoms with E-state index in [4.69, 9.17) is 16.3 Å². The van der Waals surface area contributed by atoms with Gasteiger partial charge in [-0.05, 0) is 32.0 Å². The van der Waals surface area contributed by atoms with Gasteiger partial charge in [-0.2, -0.15) is 0 Å². The molecule has 1 atom stereocenters. The molecule has 0 N–H and O–H groups in total. The van der Waals surface area contributed by atoms with E-state index < -0.39 is 0 Å². The van der Waals surface area contributed by atoms with Crippen LogP contribution in [0.4, 0.5) is 5.69 Å². The van der Waals surface area contributed by atoms with Crippen molar-refractivity contribution in [2.75, 3.05) is 37.7 Å². The van der Waals surface area contributed by atoms with Gasteiger partial charge in [0, 0.05) is 36.9 Å². The fraction of sp³-hybridized carbons (Fsp3) is 0.533. The van der Waals surface area contributed by atoms with Gasteiger partial charge in [0.15, 0.2) is 0 Å². The second-order valence-corrected chi connectivity index (χ2v) is 5.37. The molecule has 20 heavy (non-hydrogen) atoms. The quantitative estimate of drug-likeness (QED) is 0.799. The van der Waals surface area contributed by atoms with Crippen LogP contribution in [0.5, 0.6) is 0 Å². The highest BCUT2D eigenvalue weighted by atomic mass is 35.5. The number of hydrogen-bond donors (Lipinski definition) is 0. The number of piperazine rings is 1. The fourth-order valence-electron chi connectivity index (χ4n) is 2.45. The van der Waals surface area contributed by atoms with Crippen LogP contribution < -0.4 is 4.90 Å². The van der Waals surface area contributed by atoms with Crippen LogP contribution in [0.25, 0.3) is 0 Å². The molecule has 0 spiro atoms. The molecule has 1 aromatic rings. The number of nitrogens with zero attached hydrogens (tertiary/aromatic N) is 2. The number of halogens is 1. The number of anilines is 1. The van der Waals surface area contributed by atoms with Gasteiger partial charge < -0.3 is 9.64 Å². The van der Waals surface area contributed by atoms with Crippen molar-refractivity contribution in [3.8, 4) is 0 Å². The summed E-state index contributed by atoms with van der Waals surface area (Å²) in [4.78, 5) is 16.2. The zero-order chi connectivity index (χ0) is 14.5. The summed E-state index contributed by atoms with van der Waals surface area (Å²) in [5.74, 6) is -0.135. The zero-order valence-corrected chi connectivity index (χ0v) is 12.8. The van der Waals surface area contributed by atoms with Gasteiger partial charge >= 0.3 is 5.97 Å². The van der Waals surface area contributed by atoms with Crippen LogP contribution in [0.3, 0.4) is 0 Å². The van der Waals surface area contributed by atoms with Crippen LogP contribution in [0.2, 0.25) is 5.02 Å². The molecule has 4 nitrogen and oxygen atoms in total. The van der Waals surface area contributed by atoms with Gasteiger partial charge in [0.2, 0.25) is 0 Å². The predicted octanol–water partition coefficient (Wildman–Crippen LogP) is 2.41. The number of rotatable bonds is 4. The van der Waals surface area contributed by atoms with E-state index in [1.54, 1.807) is 0 Å². The van der Waals surface area contributed by atoms with E-state index in [1.165, 1.54) is 0 Å². The summed E-state index contributed by atoms with van der Waals surface area (Å²) < 4.78 is 5.07. The van der Waals surface area contributed by atoms with E-state index in [1.807, 2.05) is 32.0 Å². The monoisotopic (exact) mass is 296 g/mol. The third-order valence-corrected chi connectivity index (χ3v) is 3.90. The average molecular weight is 297 g/mol. The van der Waals surface area contributed by atoms with Crippen molar-refractivity contribution in [3.05, 3.63) is 29.3 Å². The van der Waals surface area contributed by atoms with E-state index in [9.17, 15) is 4.79 Å². The highest BCUT2D eigenvalue weighted by Gasteiger charge is 2.26. The minimum Gasteiger partial charge on any atom is -0.465 e. The molecule has 1 unspecified atom stereocenters. The Labute approximate surface area is 125 Å². The highest BCUT2D eigenvalue weighted by Crippen LogP contribution is 2.21.